The molecule has 1 N–H and O–H groups in total. The lowest BCUT2D eigenvalue weighted by atomic mass is 10.2. The molecular weight excluding hydrogens is 319 g/mol. The first-order valence-electron chi connectivity index (χ1n) is 7.31. The molecule has 0 aliphatic rings. The van der Waals surface area contributed by atoms with E-state index < -0.39 is 28.9 Å². The molecule has 24 heavy (non-hydrogen) atoms. The summed E-state index contributed by atoms with van der Waals surface area (Å²) in [6.45, 7) is 0.189. The minimum absolute atomic E-state index is 0.189. The van der Waals surface area contributed by atoms with Crippen LogP contribution < -0.4 is 5.32 Å². The monoisotopic (exact) mass is 333 g/mol. The van der Waals surface area contributed by atoms with Crippen molar-refractivity contribution >= 4 is 16.9 Å². The molecule has 3 aromatic rings. The molecule has 0 radical (unpaired) electrons. The van der Waals surface area contributed by atoms with E-state index in [2.05, 4.69) is 10.3 Å². The fourth-order valence-electron chi connectivity index (χ4n) is 2.50. The molecule has 0 bridgehead atoms. The van der Waals surface area contributed by atoms with Gasteiger partial charge < -0.3 is 9.88 Å². The molecule has 0 aliphatic heterocycles. The predicted molar refractivity (Wildman–Crippen MR) is 83.1 cm³/mol. The van der Waals surface area contributed by atoms with Crippen molar-refractivity contribution in [1.29, 1.82) is 0 Å². The number of nitrogens with zero attached hydrogens (tertiary/aromatic N) is 2. The molecule has 0 unspecified atom stereocenters. The van der Waals surface area contributed by atoms with E-state index >= 15 is 0 Å². The Hall–Kier alpha value is -2.83. The van der Waals surface area contributed by atoms with Crippen LogP contribution >= 0.6 is 0 Å². The summed E-state index contributed by atoms with van der Waals surface area (Å²) in [6, 6.07) is 9.24. The number of halogens is 3. The molecule has 0 atom stereocenters. The third-order valence-corrected chi connectivity index (χ3v) is 3.79. The Morgan fingerprint density at radius 3 is 2.62 bits per heavy atom. The maximum absolute atomic E-state index is 13.6. The van der Waals surface area contributed by atoms with Crippen molar-refractivity contribution in [2.24, 2.45) is 7.05 Å². The van der Waals surface area contributed by atoms with E-state index in [0.717, 1.165) is 29.0 Å². The number of carbonyl (C=O) groups excluding carboxylic acids is 1. The van der Waals surface area contributed by atoms with Crippen molar-refractivity contribution in [3.8, 4) is 0 Å². The Morgan fingerprint density at radius 1 is 1.12 bits per heavy atom. The first-order chi connectivity index (χ1) is 11.5. The fraction of sp³-hybridized carbons (Fsp3) is 0.176. The van der Waals surface area contributed by atoms with Gasteiger partial charge in [0.2, 0.25) is 0 Å². The lowest BCUT2D eigenvalue weighted by molar-refractivity contribution is 0.0948. The highest BCUT2D eigenvalue weighted by Gasteiger charge is 2.18. The summed E-state index contributed by atoms with van der Waals surface area (Å²) in [5.74, 6) is -4.52. The highest BCUT2D eigenvalue weighted by atomic mass is 19.2. The number of imidazole rings is 1. The van der Waals surface area contributed by atoms with E-state index in [9.17, 15) is 18.0 Å². The molecule has 1 heterocycles. The van der Waals surface area contributed by atoms with Crippen LogP contribution in [0.1, 0.15) is 16.2 Å². The summed E-state index contributed by atoms with van der Waals surface area (Å²) < 4.78 is 41.5. The molecule has 0 saturated heterocycles. The summed E-state index contributed by atoms with van der Waals surface area (Å²) >= 11 is 0. The molecule has 1 amide bonds. The lowest BCUT2D eigenvalue weighted by Crippen LogP contribution is -2.27. The minimum Gasteiger partial charge on any atom is -0.351 e. The van der Waals surface area contributed by atoms with Crippen LogP contribution in [0.25, 0.3) is 11.0 Å². The third kappa shape index (κ3) is 2.84. The molecule has 7 heteroatoms. The molecule has 0 aliphatic carbocycles. The van der Waals surface area contributed by atoms with Gasteiger partial charge in [-0.05, 0) is 24.3 Å². The second-order valence-electron chi connectivity index (χ2n) is 5.30. The van der Waals surface area contributed by atoms with Gasteiger partial charge in [-0.1, -0.05) is 12.1 Å². The van der Waals surface area contributed by atoms with Crippen molar-refractivity contribution in [1.82, 2.24) is 14.9 Å². The van der Waals surface area contributed by atoms with Crippen LogP contribution in [0, 0.1) is 17.5 Å². The maximum atomic E-state index is 13.6. The van der Waals surface area contributed by atoms with Gasteiger partial charge in [0.1, 0.15) is 5.82 Å². The molecule has 0 saturated carbocycles. The summed E-state index contributed by atoms with van der Waals surface area (Å²) in [4.78, 5) is 16.4. The maximum Gasteiger partial charge on any atom is 0.254 e. The number of hydrogen-bond donors (Lipinski definition) is 1. The Bertz CT molecular complexity index is 921. The van der Waals surface area contributed by atoms with E-state index in [4.69, 9.17) is 0 Å². The number of nitrogens with one attached hydrogen (secondary N) is 1. The number of para-hydroxylation sites is 2. The molecular formula is C17H14F3N3O. The average molecular weight is 333 g/mol. The minimum atomic E-state index is -1.65. The highest BCUT2D eigenvalue weighted by Crippen LogP contribution is 2.16. The third-order valence-electron chi connectivity index (χ3n) is 3.79. The van der Waals surface area contributed by atoms with Gasteiger partial charge in [0.15, 0.2) is 17.5 Å². The van der Waals surface area contributed by atoms with Gasteiger partial charge in [0.05, 0.1) is 16.6 Å². The van der Waals surface area contributed by atoms with Crippen molar-refractivity contribution in [2.75, 3.05) is 6.54 Å². The highest BCUT2D eigenvalue weighted by molar-refractivity contribution is 5.94. The van der Waals surface area contributed by atoms with Gasteiger partial charge in [0.25, 0.3) is 5.91 Å². The zero-order valence-corrected chi connectivity index (χ0v) is 12.8. The predicted octanol–water partition coefficient (Wildman–Crippen LogP) is 2.96. The topological polar surface area (TPSA) is 46.9 Å². The Morgan fingerprint density at radius 2 is 1.88 bits per heavy atom. The smallest absolute Gasteiger partial charge is 0.254 e. The molecule has 124 valence electrons. The second kappa shape index (κ2) is 6.35. The Kier molecular flexibility index (Phi) is 4.24. The van der Waals surface area contributed by atoms with Crippen LogP contribution in [0.5, 0.6) is 0 Å². The standard InChI is InChI=1S/C17H14F3N3O/c1-23-13-5-3-2-4-12(13)22-14(23)8-9-21-17(24)10-6-7-11(18)16(20)15(10)19/h2-7H,8-9H2,1H3,(H,21,24). The summed E-state index contributed by atoms with van der Waals surface area (Å²) in [5.41, 5.74) is 1.28. The van der Waals surface area contributed by atoms with Gasteiger partial charge in [-0.25, -0.2) is 18.2 Å². The first-order valence-corrected chi connectivity index (χ1v) is 7.31. The van der Waals surface area contributed by atoms with Crippen molar-refractivity contribution < 1.29 is 18.0 Å². The quantitative estimate of drug-likeness (QED) is 0.746. The van der Waals surface area contributed by atoms with Crippen LogP contribution in [0.2, 0.25) is 0 Å². The van der Waals surface area contributed by atoms with Gasteiger partial charge >= 0.3 is 0 Å². The van der Waals surface area contributed by atoms with E-state index in [1.54, 1.807) is 0 Å². The van der Waals surface area contributed by atoms with Crippen LogP contribution in [0.15, 0.2) is 36.4 Å². The Balaban J connectivity index is 1.69. The van der Waals surface area contributed by atoms with Crippen LogP contribution in [-0.4, -0.2) is 22.0 Å². The SMILES string of the molecule is Cn1c(CCNC(=O)c2ccc(F)c(F)c2F)nc2ccccc21. The van der Waals surface area contributed by atoms with Crippen molar-refractivity contribution in [2.45, 2.75) is 6.42 Å². The van der Waals surface area contributed by atoms with Gasteiger partial charge in [-0.3, -0.25) is 4.79 Å². The normalized spacial score (nSPS) is 11.0. The molecule has 4 nitrogen and oxygen atoms in total. The molecule has 0 fully saturated rings. The van der Waals surface area contributed by atoms with Crippen LogP contribution in [0.4, 0.5) is 13.2 Å². The first kappa shape index (κ1) is 16.0. The molecule has 1 aromatic heterocycles. The number of amides is 1. The average Bonchev–Trinajstić information content (AvgIpc) is 2.89. The van der Waals surface area contributed by atoms with Crippen LogP contribution in [-0.2, 0) is 13.5 Å². The Labute approximate surface area is 135 Å². The number of hydrogen-bond acceptors (Lipinski definition) is 2. The van der Waals surface area contributed by atoms with E-state index in [1.165, 1.54) is 0 Å². The van der Waals surface area contributed by atoms with Gasteiger partial charge in [0, 0.05) is 20.0 Å². The largest absolute Gasteiger partial charge is 0.351 e. The van der Waals surface area contributed by atoms with E-state index in [-0.39, 0.29) is 6.54 Å². The molecule has 2 aromatic carbocycles. The van der Waals surface area contributed by atoms with Crippen molar-refractivity contribution in [3.63, 3.8) is 0 Å². The van der Waals surface area contributed by atoms with Crippen molar-refractivity contribution in [3.05, 3.63) is 65.2 Å². The summed E-state index contributed by atoms with van der Waals surface area (Å²) in [5, 5.41) is 2.49. The number of aryl methyl sites for hydroxylation is 1. The fourth-order valence-corrected chi connectivity index (χ4v) is 2.50. The van der Waals surface area contributed by atoms with Gasteiger partial charge in [-0.2, -0.15) is 0 Å². The number of fused-ring (bicyclic) bond motifs is 1. The van der Waals surface area contributed by atoms with Gasteiger partial charge in [-0.15, -0.1) is 0 Å². The lowest BCUT2D eigenvalue weighted by Gasteiger charge is -2.07. The van der Waals surface area contributed by atoms with E-state index in [1.807, 2.05) is 35.9 Å². The zero-order valence-electron chi connectivity index (χ0n) is 12.8. The van der Waals surface area contributed by atoms with Crippen LogP contribution in [0.3, 0.4) is 0 Å². The number of benzene rings is 2. The summed E-state index contributed by atoms with van der Waals surface area (Å²) in [7, 11) is 1.86. The number of carbonyl (C=O) groups is 1. The number of rotatable bonds is 4. The second-order valence-corrected chi connectivity index (χ2v) is 5.30. The summed E-state index contributed by atoms with van der Waals surface area (Å²) in [6.07, 6.45) is 0.419. The molecule has 0 spiro atoms. The molecule has 3 rings (SSSR count). The van der Waals surface area contributed by atoms with E-state index in [0.29, 0.717) is 6.42 Å². The zero-order chi connectivity index (χ0) is 17.3. The number of aromatic nitrogens is 2.